The number of thiophene rings is 1. The Morgan fingerprint density at radius 3 is 2.82 bits per heavy atom. The minimum atomic E-state index is -0.210. The fourth-order valence-corrected chi connectivity index (χ4v) is 4.84. The van der Waals surface area contributed by atoms with Crippen molar-refractivity contribution in [3.63, 3.8) is 0 Å². The normalized spacial score (nSPS) is 15.8. The Bertz CT molecular complexity index is 1230. The van der Waals surface area contributed by atoms with Crippen LogP contribution < -0.4 is 0 Å². The second-order valence-corrected chi connectivity index (χ2v) is 9.33. The third kappa shape index (κ3) is 5.03. The molecule has 0 N–H and O–H groups in total. The van der Waals surface area contributed by atoms with Crippen molar-refractivity contribution in [1.82, 2.24) is 15.1 Å². The van der Waals surface area contributed by atoms with Crippen LogP contribution in [0, 0.1) is 0 Å². The Morgan fingerprint density at radius 1 is 1.18 bits per heavy atom. The Kier molecular flexibility index (Phi) is 6.69. The molecular formula is C26H26N4O3S. The van der Waals surface area contributed by atoms with Crippen LogP contribution in [0.2, 0.25) is 0 Å². The minimum Gasteiger partial charge on any atom is -0.467 e. The van der Waals surface area contributed by atoms with Crippen LogP contribution in [-0.4, -0.2) is 46.8 Å². The summed E-state index contributed by atoms with van der Waals surface area (Å²) in [5.74, 6) is 1.56. The summed E-state index contributed by atoms with van der Waals surface area (Å²) in [6, 6.07) is 19.6. The van der Waals surface area contributed by atoms with E-state index in [9.17, 15) is 4.79 Å². The highest BCUT2D eigenvalue weighted by molar-refractivity contribution is 7.12. The molecule has 3 aromatic heterocycles. The molecule has 4 aromatic rings. The van der Waals surface area contributed by atoms with Crippen LogP contribution in [-0.2, 0) is 11.2 Å². The van der Waals surface area contributed by atoms with Crippen molar-refractivity contribution in [3.05, 3.63) is 88.7 Å². The molecule has 0 saturated heterocycles. The number of amides is 1. The molecule has 7 nitrogen and oxygen atoms in total. The summed E-state index contributed by atoms with van der Waals surface area (Å²) < 4.78 is 11.1. The van der Waals surface area contributed by atoms with Gasteiger partial charge in [-0.25, -0.2) is 5.01 Å². The molecule has 1 aromatic carbocycles. The summed E-state index contributed by atoms with van der Waals surface area (Å²) in [6.07, 6.45) is 3.91. The lowest BCUT2D eigenvalue weighted by Gasteiger charge is -2.23. The van der Waals surface area contributed by atoms with Crippen molar-refractivity contribution in [3.8, 4) is 11.3 Å². The van der Waals surface area contributed by atoms with Crippen molar-refractivity contribution in [2.75, 3.05) is 20.1 Å². The van der Waals surface area contributed by atoms with Crippen LogP contribution in [0.5, 0.6) is 0 Å². The number of hydrogen-bond acceptors (Lipinski definition) is 7. The topological polar surface area (TPSA) is 75.1 Å². The average molecular weight is 475 g/mol. The maximum absolute atomic E-state index is 13.2. The molecule has 1 aliphatic rings. The summed E-state index contributed by atoms with van der Waals surface area (Å²) in [5.41, 5.74) is 2.81. The van der Waals surface area contributed by atoms with Gasteiger partial charge in [-0.1, -0.05) is 41.6 Å². The van der Waals surface area contributed by atoms with Crippen molar-refractivity contribution >= 4 is 23.0 Å². The van der Waals surface area contributed by atoms with Crippen LogP contribution >= 0.6 is 11.3 Å². The van der Waals surface area contributed by atoms with Gasteiger partial charge in [0.15, 0.2) is 0 Å². The summed E-state index contributed by atoms with van der Waals surface area (Å²) >= 11 is 1.63. The largest absolute Gasteiger partial charge is 0.467 e. The molecule has 1 atom stereocenters. The highest BCUT2D eigenvalue weighted by Crippen LogP contribution is 2.34. The van der Waals surface area contributed by atoms with Crippen LogP contribution in [0.1, 0.15) is 35.3 Å². The zero-order chi connectivity index (χ0) is 23.3. The Morgan fingerprint density at radius 2 is 2.06 bits per heavy atom. The van der Waals surface area contributed by atoms with Gasteiger partial charge < -0.3 is 8.94 Å². The monoisotopic (exact) mass is 474 g/mol. The average Bonchev–Trinajstić information content (AvgIpc) is 3.65. The zero-order valence-electron chi connectivity index (χ0n) is 19.0. The van der Waals surface area contributed by atoms with Crippen LogP contribution in [0.3, 0.4) is 0 Å². The van der Waals surface area contributed by atoms with E-state index in [1.807, 2.05) is 78.0 Å². The van der Waals surface area contributed by atoms with Gasteiger partial charge in [-0.3, -0.25) is 9.69 Å². The van der Waals surface area contributed by atoms with E-state index in [1.54, 1.807) is 22.6 Å². The molecule has 0 saturated carbocycles. The molecule has 8 heteroatoms. The van der Waals surface area contributed by atoms with Gasteiger partial charge >= 0.3 is 0 Å². The smallest absolute Gasteiger partial charge is 0.257 e. The van der Waals surface area contributed by atoms with Crippen LogP contribution in [0.4, 0.5) is 0 Å². The zero-order valence-corrected chi connectivity index (χ0v) is 19.8. The third-order valence-corrected chi connectivity index (χ3v) is 6.76. The first kappa shape index (κ1) is 22.3. The standard InChI is InChI=1S/C26H26N4O3S/c1-29(13-5-10-20-16-21(28-33-20)19-8-3-2-4-9-19)18-26(31)30-23(24-11-6-14-32-24)17-22(27-30)25-12-7-15-34-25/h2-4,6-9,11-12,14-16,23H,5,10,13,17-18H2,1H3. The molecule has 0 spiro atoms. The second kappa shape index (κ2) is 10.2. The number of furan rings is 1. The predicted molar refractivity (Wildman–Crippen MR) is 132 cm³/mol. The molecule has 1 unspecified atom stereocenters. The molecule has 0 aliphatic carbocycles. The van der Waals surface area contributed by atoms with E-state index in [-0.39, 0.29) is 18.5 Å². The number of nitrogens with zero attached hydrogens (tertiary/aromatic N) is 4. The quantitative estimate of drug-likeness (QED) is 0.332. The summed E-state index contributed by atoms with van der Waals surface area (Å²) in [7, 11) is 1.95. The van der Waals surface area contributed by atoms with E-state index in [4.69, 9.17) is 8.94 Å². The molecule has 0 fully saturated rings. The molecule has 5 rings (SSSR count). The van der Waals surface area contributed by atoms with E-state index >= 15 is 0 Å². The summed E-state index contributed by atoms with van der Waals surface area (Å²) in [4.78, 5) is 16.3. The Labute approximate surface area is 202 Å². The first-order valence-corrected chi connectivity index (χ1v) is 12.2. The van der Waals surface area contributed by atoms with Gasteiger partial charge in [-0.15, -0.1) is 11.3 Å². The molecule has 4 heterocycles. The second-order valence-electron chi connectivity index (χ2n) is 8.38. The maximum Gasteiger partial charge on any atom is 0.257 e. The fourth-order valence-electron chi connectivity index (χ4n) is 4.12. The highest BCUT2D eigenvalue weighted by atomic mass is 32.1. The number of rotatable bonds is 9. The number of carbonyl (C=O) groups is 1. The van der Waals surface area contributed by atoms with Crippen molar-refractivity contribution in [2.24, 2.45) is 5.10 Å². The first-order chi connectivity index (χ1) is 16.7. The third-order valence-electron chi connectivity index (χ3n) is 5.84. The number of aryl methyl sites for hydroxylation is 1. The van der Waals surface area contributed by atoms with E-state index in [0.29, 0.717) is 6.42 Å². The number of hydrazone groups is 1. The van der Waals surface area contributed by atoms with Gasteiger partial charge in [0, 0.05) is 24.5 Å². The summed E-state index contributed by atoms with van der Waals surface area (Å²) in [5, 5.41) is 12.5. The highest BCUT2D eigenvalue weighted by Gasteiger charge is 2.35. The molecule has 174 valence electrons. The fraction of sp³-hybridized carbons (Fsp3) is 0.269. The molecule has 1 aliphatic heterocycles. The van der Waals surface area contributed by atoms with Gasteiger partial charge in [-0.05, 0) is 43.6 Å². The van der Waals surface area contributed by atoms with Gasteiger partial charge in [0.1, 0.15) is 23.3 Å². The number of aromatic nitrogens is 1. The van der Waals surface area contributed by atoms with Crippen molar-refractivity contribution in [1.29, 1.82) is 0 Å². The lowest BCUT2D eigenvalue weighted by atomic mass is 10.1. The molecule has 0 radical (unpaired) electrons. The molecular weight excluding hydrogens is 448 g/mol. The minimum absolute atomic E-state index is 0.0403. The van der Waals surface area contributed by atoms with Gasteiger partial charge in [0.2, 0.25) is 0 Å². The summed E-state index contributed by atoms with van der Waals surface area (Å²) in [6.45, 7) is 1.04. The number of benzene rings is 1. The lowest BCUT2D eigenvalue weighted by molar-refractivity contribution is -0.134. The molecule has 0 bridgehead atoms. The number of hydrogen-bond donors (Lipinski definition) is 0. The molecule has 1 amide bonds. The Hall–Kier alpha value is -3.49. The van der Waals surface area contributed by atoms with Crippen LogP contribution in [0.25, 0.3) is 11.3 Å². The maximum atomic E-state index is 13.2. The van der Waals surface area contributed by atoms with E-state index in [2.05, 4.69) is 10.3 Å². The molecule has 34 heavy (non-hydrogen) atoms. The van der Waals surface area contributed by atoms with Crippen molar-refractivity contribution < 1.29 is 13.7 Å². The van der Waals surface area contributed by atoms with E-state index in [0.717, 1.165) is 52.8 Å². The Balaban J connectivity index is 1.17. The van der Waals surface area contributed by atoms with Gasteiger partial charge in [0.25, 0.3) is 5.91 Å². The lowest BCUT2D eigenvalue weighted by Crippen LogP contribution is -2.36. The number of likely N-dealkylation sites (N-methyl/N-ethyl adjacent to an activating group) is 1. The van der Waals surface area contributed by atoms with Gasteiger partial charge in [-0.2, -0.15) is 5.10 Å². The predicted octanol–water partition coefficient (Wildman–Crippen LogP) is 5.24. The van der Waals surface area contributed by atoms with Gasteiger partial charge in [0.05, 0.1) is 23.4 Å². The first-order valence-electron chi connectivity index (χ1n) is 11.3. The van der Waals surface area contributed by atoms with Crippen LogP contribution in [0.15, 0.2) is 86.3 Å². The number of carbonyl (C=O) groups excluding carboxylic acids is 1. The SMILES string of the molecule is CN(CCCc1cc(-c2ccccc2)no1)CC(=O)N1N=C(c2cccs2)CC1c1ccco1. The van der Waals surface area contributed by atoms with E-state index in [1.165, 1.54) is 0 Å². The van der Waals surface area contributed by atoms with E-state index < -0.39 is 0 Å². The van der Waals surface area contributed by atoms with Crippen molar-refractivity contribution in [2.45, 2.75) is 25.3 Å².